The quantitative estimate of drug-likeness (QED) is 0.0146. The summed E-state index contributed by atoms with van der Waals surface area (Å²) >= 11 is 0. The summed E-state index contributed by atoms with van der Waals surface area (Å²) in [7, 11) is -9.78. The Labute approximate surface area is 627 Å². The first-order chi connectivity index (χ1) is 50.2. The van der Waals surface area contributed by atoms with Gasteiger partial charge in [0.15, 0.2) is 6.10 Å². The van der Waals surface area contributed by atoms with Gasteiger partial charge in [-0.15, -0.1) is 0 Å². The summed E-state index contributed by atoms with van der Waals surface area (Å²) in [6.07, 6.45) is 92.6. The molecule has 16 nitrogen and oxygen atoms in total. The maximum atomic E-state index is 12.9. The Kier molecular flexibility index (Phi) is 74.5. The molecule has 0 rings (SSSR count). The highest BCUT2D eigenvalue weighted by molar-refractivity contribution is 7.47. The van der Waals surface area contributed by atoms with Gasteiger partial charge in [-0.1, -0.05) is 335 Å². The number of phosphoric ester groups is 2. The Morgan fingerprint density at radius 2 is 0.515 bits per heavy atom. The van der Waals surface area contributed by atoms with Crippen molar-refractivity contribution in [3.63, 3.8) is 0 Å². The zero-order valence-corrected chi connectivity index (χ0v) is 66.7. The van der Waals surface area contributed by atoms with Gasteiger partial charge in [-0.25, -0.2) is 9.13 Å². The molecule has 0 fully saturated rings. The Morgan fingerprint density at radius 3 is 0.816 bits per heavy atom. The molecule has 5 unspecified atom stereocenters. The number of esters is 3. The molecule has 0 aromatic heterocycles. The molecule has 0 heterocycles. The van der Waals surface area contributed by atoms with Gasteiger partial charge in [0.2, 0.25) is 0 Å². The molecule has 4 N–H and O–H groups in total. The van der Waals surface area contributed by atoms with Crippen molar-refractivity contribution >= 4 is 33.6 Å². The van der Waals surface area contributed by atoms with Crippen molar-refractivity contribution in [1.82, 2.24) is 0 Å². The minimum atomic E-state index is -4.93. The van der Waals surface area contributed by atoms with Gasteiger partial charge in [-0.2, -0.15) is 0 Å². The first kappa shape index (κ1) is 98.9. The second-order valence-corrected chi connectivity index (χ2v) is 30.1. The van der Waals surface area contributed by atoms with Crippen LogP contribution in [0.4, 0.5) is 0 Å². The molecule has 0 bridgehead atoms. The number of hydrogen-bond donors (Lipinski definition) is 4. The molecular weight excluding hydrogens is 1340 g/mol. The van der Waals surface area contributed by atoms with Crippen molar-refractivity contribution in [3.8, 4) is 0 Å². The third-order valence-corrected chi connectivity index (χ3v) is 19.1. The molecule has 0 amide bonds. The van der Waals surface area contributed by atoms with Crippen LogP contribution in [0.3, 0.4) is 0 Å². The van der Waals surface area contributed by atoms with E-state index in [0.717, 1.165) is 148 Å². The van der Waals surface area contributed by atoms with E-state index in [4.69, 9.17) is 32.3 Å². The Bertz CT molecular complexity index is 2360. The number of carbonyl (C=O) groups excluding carboxylic acids is 3. The number of phosphoric acid groups is 2. The van der Waals surface area contributed by atoms with E-state index in [-0.39, 0.29) is 19.3 Å². The van der Waals surface area contributed by atoms with E-state index in [1.807, 2.05) is 0 Å². The number of aliphatic hydroxyl groups is 2. The van der Waals surface area contributed by atoms with E-state index in [9.17, 15) is 43.5 Å². The van der Waals surface area contributed by atoms with Crippen molar-refractivity contribution in [2.45, 2.75) is 360 Å². The molecule has 5 atom stereocenters. The number of ether oxygens (including phenoxy) is 3. The van der Waals surface area contributed by atoms with Gasteiger partial charge in [0.05, 0.1) is 26.4 Å². The predicted molar refractivity (Wildman–Crippen MR) is 427 cm³/mol. The van der Waals surface area contributed by atoms with Crippen molar-refractivity contribution in [2.75, 3.05) is 39.6 Å². The fourth-order valence-corrected chi connectivity index (χ4v) is 12.6. The lowest BCUT2D eigenvalue weighted by Gasteiger charge is -2.21. The molecule has 0 aromatic carbocycles. The molecule has 0 aliphatic carbocycles. The van der Waals surface area contributed by atoms with Crippen LogP contribution in [0.25, 0.3) is 0 Å². The number of unbranched alkanes of at least 4 members (excludes halogenated alkanes) is 34. The van der Waals surface area contributed by atoms with E-state index in [2.05, 4.69) is 142 Å². The van der Waals surface area contributed by atoms with Crippen LogP contribution in [-0.2, 0) is 55.8 Å². The van der Waals surface area contributed by atoms with Crippen LogP contribution in [0, 0.1) is 0 Å². The van der Waals surface area contributed by atoms with Gasteiger partial charge in [-0.3, -0.25) is 32.5 Å². The molecule has 0 aromatic rings. The van der Waals surface area contributed by atoms with Gasteiger partial charge in [0.1, 0.15) is 25.4 Å². The third-order valence-electron chi connectivity index (χ3n) is 17.2. The van der Waals surface area contributed by atoms with Gasteiger partial charge < -0.3 is 34.2 Å². The minimum Gasteiger partial charge on any atom is -0.463 e. The lowest BCUT2D eigenvalue weighted by molar-refractivity contribution is -0.161. The summed E-state index contributed by atoms with van der Waals surface area (Å²) < 4.78 is 61.1. The summed E-state index contributed by atoms with van der Waals surface area (Å²) in [5.41, 5.74) is 0. The lowest BCUT2D eigenvalue weighted by Crippen LogP contribution is -2.30. The first-order valence-electron chi connectivity index (χ1n) is 40.8. The Balaban J connectivity index is 4.42. The van der Waals surface area contributed by atoms with Crippen LogP contribution in [0.2, 0.25) is 0 Å². The van der Waals surface area contributed by atoms with Crippen LogP contribution in [-0.4, -0.2) is 95.9 Å². The summed E-state index contributed by atoms with van der Waals surface area (Å²) in [6, 6.07) is 0. The van der Waals surface area contributed by atoms with Crippen molar-refractivity contribution in [1.29, 1.82) is 0 Å². The van der Waals surface area contributed by atoms with Gasteiger partial charge in [0.25, 0.3) is 0 Å². The molecule has 103 heavy (non-hydrogen) atoms. The molecule has 18 heteroatoms. The number of rotatable bonds is 77. The van der Waals surface area contributed by atoms with Crippen molar-refractivity contribution in [2.24, 2.45) is 0 Å². The number of allylic oxidation sites excluding steroid dienone is 20. The largest absolute Gasteiger partial charge is 0.472 e. The smallest absolute Gasteiger partial charge is 0.463 e. The van der Waals surface area contributed by atoms with E-state index in [0.29, 0.717) is 19.3 Å². The number of carbonyl (C=O) groups is 3. The lowest BCUT2D eigenvalue weighted by atomic mass is 10.0. The number of hydrogen-bond acceptors (Lipinski definition) is 14. The second-order valence-electron chi connectivity index (χ2n) is 27.2. The molecule has 594 valence electrons. The summed E-state index contributed by atoms with van der Waals surface area (Å²) in [5, 5.41) is 20.6. The molecule has 0 aliphatic rings. The molecule has 0 saturated heterocycles. The average Bonchev–Trinajstić information content (AvgIpc) is 0.915. The molecule has 0 aliphatic heterocycles. The standard InChI is InChI=1S/C85H148O16P2/c1-4-7-10-13-16-19-22-24-26-28-30-32-34-36-38-39-41-43-44-46-48-50-52-54-57-59-62-65-68-71-83(88)95-74-80(86)75-97-102(91,92)98-76-81(87)77-99-103(93,94)100-79-82(101-85(90)73-70-67-64-61-56-21-18-15-12-9-6-3)78-96-84(89)72-69-66-63-60-58-55-53-51-49-47-45-42-40-37-35-33-31-29-27-25-23-20-17-14-11-8-5-2/h7-8,10-11,16-17,19-20,24-27,30-33,36-38,40,80-82,86-87H,4-6,9,12-15,18,21-23,28-29,34-35,39,41-79H2,1-3H3,(H,91,92)(H,93,94)/b10-7-,11-8-,19-16-,20-17-,26-24-,27-25-,32-30-,33-31-,38-36-,40-37-. The monoisotopic (exact) mass is 1490 g/mol. The van der Waals surface area contributed by atoms with E-state index < -0.39 is 91.5 Å². The Hall–Kier alpha value is -4.05. The summed E-state index contributed by atoms with van der Waals surface area (Å²) in [5.74, 6) is -1.57. The highest BCUT2D eigenvalue weighted by Gasteiger charge is 2.29. The van der Waals surface area contributed by atoms with Crippen LogP contribution >= 0.6 is 15.6 Å². The normalized spacial score (nSPS) is 14.6. The highest BCUT2D eigenvalue weighted by Crippen LogP contribution is 2.45. The fourth-order valence-electron chi connectivity index (χ4n) is 11.0. The van der Waals surface area contributed by atoms with E-state index >= 15 is 0 Å². The van der Waals surface area contributed by atoms with E-state index in [1.54, 1.807) is 0 Å². The summed E-state index contributed by atoms with van der Waals surface area (Å²) in [6.45, 7) is 2.47. The van der Waals surface area contributed by atoms with Crippen LogP contribution in [0.15, 0.2) is 122 Å². The Morgan fingerprint density at radius 1 is 0.282 bits per heavy atom. The highest BCUT2D eigenvalue weighted by atomic mass is 31.2. The molecule has 0 radical (unpaired) electrons. The van der Waals surface area contributed by atoms with Gasteiger partial charge in [-0.05, 0) is 109 Å². The summed E-state index contributed by atoms with van der Waals surface area (Å²) in [4.78, 5) is 58.6. The van der Waals surface area contributed by atoms with Gasteiger partial charge >= 0.3 is 33.6 Å². The predicted octanol–water partition coefficient (Wildman–Crippen LogP) is 24.1. The maximum Gasteiger partial charge on any atom is 0.472 e. The second kappa shape index (κ2) is 77.6. The van der Waals surface area contributed by atoms with Gasteiger partial charge in [0, 0.05) is 19.3 Å². The van der Waals surface area contributed by atoms with E-state index in [1.165, 1.54) is 135 Å². The third kappa shape index (κ3) is 78.8. The van der Waals surface area contributed by atoms with Crippen LogP contribution in [0.1, 0.15) is 342 Å². The topological polar surface area (TPSA) is 231 Å². The SMILES string of the molecule is CC/C=C\C/C=C\C/C=C\C/C=C\C/C=C\CCCCCCCCCCCCCCCC(=O)OCC(O)COP(=O)(O)OCC(O)COP(=O)(O)OCC(COC(=O)CCCCCCCCCCCCC/C=C\C/C=C\C/C=C\C/C=C\C/C=C\CC)OC(=O)CCCCCCCCCCCCC. The zero-order chi connectivity index (χ0) is 75.2. The average molecular weight is 1490 g/mol. The fraction of sp³-hybridized carbons (Fsp3) is 0.729. The van der Waals surface area contributed by atoms with Crippen LogP contribution < -0.4 is 0 Å². The molecule has 0 spiro atoms. The molecular formula is C85H148O16P2. The maximum absolute atomic E-state index is 12.9. The van der Waals surface area contributed by atoms with Crippen LogP contribution in [0.5, 0.6) is 0 Å². The minimum absolute atomic E-state index is 0.106. The molecule has 0 saturated carbocycles. The first-order valence-corrected chi connectivity index (χ1v) is 43.8. The van der Waals surface area contributed by atoms with Crippen molar-refractivity contribution < 1.29 is 75.8 Å². The zero-order valence-electron chi connectivity index (χ0n) is 65.0. The number of aliphatic hydroxyl groups excluding tert-OH is 2. The van der Waals surface area contributed by atoms with Crippen molar-refractivity contribution in [3.05, 3.63) is 122 Å².